The summed E-state index contributed by atoms with van der Waals surface area (Å²) in [6.07, 6.45) is 5.17. The summed E-state index contributed by atoms with van der Waals surface area (Å²) in [4.78, 5) is 0. The molecule has 1 aliphatic rings. The fraction of sp³-hybridized carbons (Fsp3) is 1.00. The zero-order chi connectivity index (χ0) is 6.91. The highest BCUT2D eigenvalue weighted by molar-refractivity contribution is 4.91. The topological polar surface area (TPSA) is 26.0 Å². The Balaban J connectivity index is 2.52. The molecule has 1 rings (SSSR count). The second kappa shape index (κ2) is 2.30. The molecule has 1 nitrogen and oxygen atoms in total. The van der Waals surface area contributed by atoms with E-state index in [-0.39, 0.29) is 5.54 Å². The van der Waals surface area contributed by atoms with Crippen LogP contribution < -0.4 is 5.73 Å². The molecule has 0 bridgehead atoms. The van der Waals surface area contributed by atoms with Gasteiger partial charge in [0.05, 0.1) is 0 Å². The van der Waals surface area contributed by atoms with Crippen molar-refractivity contribution in [3.8, 4) is 0 Å². The lowest BCUT2D eigenvalue weighted by Crippen LogP contribution is -2.39. The monoisotopic (exact) mass is 127 g/mol. The van der Waals surface area contributed by atoms with Crippen molar-refractivity contribution >= 4 is 0 Å². The summed E-state index contributed by atoms with van der Waals surface area (Å²) in [5.41, 5.74) is 6.19. The normalized spacial score (nSPS) is 43.7. The fourth-order valence-electron chi connectivity index (χ4n) is 1.93. The molecule has 0 aromatic heterocycles. The molecule has 0 heterocycles. The first-order valence-corrected chi connectivity index (χ1v) is 3.95. The van der Waals surface area contributed by atoms with Crippen LogP contribution in [0.4, 0.5) is 0 Å². The zero-order valence-corrected chi connectivity index (χ0v) is 6.48. The summed E-state index contributed by atoms with van der Waals surface area (Å²) >= 11 is 0. The van der Waals surface area contributed by atoms with Crippen molar-refractivity contribution in [2.75, 3.05) is 0 Å². The van der Waals surface area contributed by atoms with Gasteiger partial charge in [0, 0.05) is 5.54 Å². The van der Waals surface area contributed by atoms with Gasteiger partial charge in [0.2, 0.25) is 0 Å². The summed E-state index contributed by atoms with van der Waals surface area (Å²) in [6, 6.07) is 0. The van der Waals surface area contributed by atoms with Crippen LogP contribution in [0, 0.1) is 5.92 Å². The van der Waals surface area contributed by atoms with E-state index in [1.54, 1.807) is 0 Å². The van der Waals surface area contributed by atoms with Crippen LogP contribution in [0.15, 0.2) is 0 Å². The summed E-state index contributed by atoms with van der Waals surface area (Å²) < 4.78 is 0. The Bertz CT molecular complexity index is 96.7. The summed E-state index contributed by atoms with van der Waals surface area (Å²) in [6.45, 7) is 4.43. The average molecular weight is 127 g/mol. The minimum absolute atomic E-state index is 0.161. The molecule has 2 N–H and O–H groups in total. The van der Waals surface area contributed by atoms with Gasteiger partial charge in [-0.15, -0.1) is 0 Å². The largest absolute Gasteiger partial charge is 0.325 e. The predicted molar refractivity (Wildman–Crippen MR) is 40.2 cm³/mol. The second-order valence-electron chi connectivity index (χ2n) is 3.50. The lowest BCUT2D eigenvalue weighted by atomic mass is 9.88. The SMILES string of the molecule is CC[C@H]1CCC[C@@]1(C)N. The number of hydrogen-bond acceptors (Lipinski definition) is 1. The van der Waals surface area contributed by atoms with Crippen molar-refractivity contribution < 1.29 is 0 Å². The van der Waals surface area contributed by atoms with Crippen LogP contribution >= 0.6 is 0 Å². The first kappa shape index (κ1) is 7.07. The average Bonchev–Trinajstić information content (AvgIpc) is 2.08. The lowest BCUT2D eigenvalue weighted by molar-refractivity contribution is 0.337. The highest BCUT2D eigenvalue weighted by Gasteiger charge is 2.33. The summed E-state index contributed by atoms with van der Waals surface area (Å²) in [5, 5.41) is 0. The maximum atomic E-state index is 6.03. The first-order valence-electron chi connectivity index (χ1n) is 3.95. The Morgan fingerprint density at radius 2 is 2.33 bits per heavy atom. The molecule has 1 aliphatic carbocycles. The van der Waals surface area contributed by atoms with Gasteiger partial charge in [-0.2, -0.15) is 0 Å². The molecule has 1 saturated carbocycles. The third-order valence-electron chi connectivity index (χ3n) is 2.69. The molecule has 1 heteroatoms. The maximum Gasteiger partial charge on any atom is 0.0154 e. The number of rotatable bonds is 1. The highest BCUT2D eigenvalue weighted by Crippen LogP contribution is 2.34. The Morgan fingerprint density at radius 1 is 1.67 bits per heavy atom. The number of hydrogen-bond donors (Lipinski definition) is 1. The molecular formula is C8H17N. The van der Waals surface area contributed by atoms with E-state index in [4.69, 9.17) is 5.73 Å². The molecule has 0 aromatic rings. The Labute approximate surface area is 57.6 Å². The van der Waals surface area contributed by atoms with Gasteiger partial charge in [-0.25, -0.2) is 0 Å². The van der Waals surface area contributed by atoms with Crippen LogP contribution in [0.5, 0.6) is 0 Å². The third-order valence-corrected chi connectivity index (χ3v) is 2.69. The fourth-order valence-corrected chi connectivity index (χ4v) is 1.93. The van der Waals surface area contributed by atoms with Crippen LogP contribution in [-0.2, 0) is 0 Å². The molecular weight excluding hydrogens is 110 g/mol. The van der Waals surface area contributed by atoms with Gasteiger partial charge < -0.3 is 5.73 Å². The van der Waals surface area contributed by atoms with E-state index in [1.165, 1.54) is 25.7 Å². The van der Waals surface area contributed by atoms with E-state index in [0.29, 0.717) is 0 Å². The van der Waals surface area contributed by atoms with Crippen molar-refractivity contribution in [3.63, 3.8) is 0 Å². The minimum atomic E-state index is 0.161. The quantitative estimate of drug-likeness (QED) is 0.572. The summed E-state index contributed by atoms with van der Waals surface area (Å²) in [7, 11) is 0. The van der Waals surface area contributed by atoms with E-state index in [9.17, 15) is 0 Å². The van der Waals surface area contributed by atoms with Gasteiger partial charge in [0.15, 0.2) is 0 Å². The van der Waals surface area contributed by atoms with Crippen LogP contribution in [0.3, 0.4) is 0 Å². The minimum Gasteiger partial charge on any atom is -0.325 e. The van der Waals surface area contributed by atoms with Gasteiger partial charge in [0.25, 0.3) is 0 Å². The first-order chi connectivity index (χ1) is 4.17. The molecule has 0 radical (unpaired) electrons. The Morgan fingerprint density at radius 3 is 2.56 bits per heavy atom. The predicted octanol–water partition coefficient (Wildman–Crippen LogP) is 1.91. The van der Waals surface area contributed by atoms with E-state index >= 15 is 0 Å². The standard InChI is InChI=1S/C8H17N/c1-3-7-5-4-6-8(7,2)9/h7H,3-6,9H2,1-2H3/t7-,8+/m0/s1. The van der Waals surface area contributed by atoms with Crippen molar-refractivity contribution in [2.45, 2.75) is 45.1 Å². The molecule has 0 spiro atoms. The smallest absolute Gasteiger partial charge is 0.0154 e. The molecule has 0 saturated heterocycles. The van der Waals surface area contributed by atoms with Crippen molar-refractivity contribution in [1.82, 2.24) is 0 Å². The molecule has 9 heavy (non-hydrogen) atoms. The van der Waals surface area contributed by atoms with E-state index in [1.807, 2.05) is 0 Å². The van der Waals surface area contributed by atoms with Crippen molar-refractivity contribution in [1.29, 1.82) is 0 Å². The molecule has 2 atom stereocenters. The van der Waals surface area contributed by atoms with E-state index in [2.05, 4.69) is 13.8 Å². The van der Waals surface area contributed by atoms with Crippen LogP contribution in [-0.4, -0.2) is 5.54 Å². The highest BCUT2D eigenvalue weighted by atomic mass is 14.8. The van der Waals surface area contributed by atoms with Gasteiger partial charge >= 0.3 is 0 Å². The van der Waals surface area contributed by atoms with Crippen LogP contribution in [0.25, 0.3) is 0 Å². The molecule has 1 fully saturated rings. The van der Waals surface area contributed by atoms with Crippen LogP contribution in [0.2, 0.25) is 0 Å². The van der Waals surface area contributed by atoms with Crippen molar-refractivity contribution in [2.24, 2.45) is 11.7 Å². The third kappa shape index (κ3) is 1.26. The lowest BCUT2D eigenvalue weighted by Gasteiger charge is -2.25. The van der Waals surface area contributed by atoms with E-state index < -0.39 is 0 Å². The molecule has 0 unspecified atom stereocenters. The molecule has 0 aromatic carbocycles. The molecule has 54 valence electrons. The van der Waals surface area contributed by atoms with Gasteiger partial charge in [-0.3, -0.25) is 0 Å². The number of nitrogens with two attached hydrogens (primary N) is 1. The van der Waals surface area contributed by atoms with Gasteiger partial charge in [0.1, 0.15) is 0 Å². The van der Waals surface area contributed by atoms with Gasteiger partial charge in [-0.05, 0) is 25.7 Å². The Kier molecular flexibility index (Phi) is 1.80. The zero-order valence-electron chi connectivity index (χ0n) is 6.48. The van der Waals surface area contributed by atoms with Crippen molar-refractivity contribution in [3.05, 3.63) is 0 Å². The molecule has 0 amide bonds. The second-order valence-corrected chi connectivity index (χ2v) is 3.50. The summed E-state index contributed by atoms with van der Waals surface area (Å²) in [5.74, 6) is 0.789. The van der Waals surface area contributed by atoms with E-state index in [0.717, 1.165) is 5.92 Å². The van der Waals surface area contributed by atoms with Crippen LogP contribution in [0.1, 0.15) is 39.5 Å². The van der Waals surface area contributed by atoms with Gasteiger partial charge in [-0.1, -0.05) is 19.8 Å². The maximum absolute atomic E-state index is 6.03. The Hall–Kier alpha value is -0.0400. The molecule has 0 aliphatic heterocycles.